The van der Waals surface area contributed by atoms with Crippen molar-refractivity contribution in [2.75, 3.05) is 25.4 Å². The minimum absolute atomic E-state index is 0.00253. The molecule has 2 aliphatic heterocycles. The van der Waals surface area contributed by atoms with Gasteiger partial charge in [0.05, 0.1) is 17.4 Å². The van der Waals surface area contributed by atoms with Crippen molar-refractivity contribution in [2.24, 2.45) is 0 Å². The van der Waals surface area contributed by atoms with Gasteiger partial charge in [0.15, 0.2) is 0 Å². The molecule has 1 aromatic rings. The van der Waals surface area contributed by atoms with Gasteiger partial charge in [0.25, 0.3) is 0 Å². The Kier molecular flexibility index (Phi) is 7.01. The summed E-state index contributed by atoms with van der Waals surface area (Å²) in [5.74, 6) is -0.00253. The number of halogens is 3. The summed E-state index contributed by atoms with van der Waals surface area (Å²) in [7, 11) is -3.40. The average Bonchev–Trinajstić information content (AvgIpc) is 2.63. The maximum atomic E-state index is 12.8. The summed E-state index contributed by atoms with van der Waals surface area (Å²) >= 11 is 0. The molecule has 0 aromatic heterocycles. The molecule has 0 amide bonds. The smallest absolute Gasteiger partial charge is 0.377 e. The molecule has 1 N–H and O–H groups in total. The van der Waals surface area contributed by atoms with Gasteiger partial charge in [-0.1, -0.05) is 18.2 Å². The second-order valence-corrected chi connectivity index (χ2v) is 9.43. The number of benzene rings is 1. The normalized spacial score (nSPS) is 23.0. The Labute approximate surface area is 164 Å². The number of ether oxygens (including phenoxy) is 1. The number of hydrogen-bond acceptors (Lipinski definition) is 4. The van der Waals surface area contributed by atoms with Gasteiger partial charge in [0.2, 0.25) is 10.0 Å². The van der Waals surface area contributed by atoms with Crippen LogP contribution < -0.4 is 4.72 Å². The topological polar surface area (TPSA) is 58.6 Å². The molecular weight excluding hydrogens is 393 g/mol. The van der Waals surface area contributed by atoms with Crippen molar-refractivity contribution in [1.29, 1.82) is 0 Å². The van der Waals surface area contributed by atoms with E-state index in [4.69, 9.17) is 4.74 Å². The first-order chi connectivity index (χ1) is 13.2. The van der Waals surface area contributed by atoms with Crippen LogP contribution in [0.1, 0.15) is 43.2 Å². The predicted octanol–water partition coefficient (Wildman–Crippen LogP) is 3.16. The number of piperidine rings is 1. The Morgan fingerprint density at radius 3 is 2.54 bits per heavy atom. The molecule has 3 rings (SSSR count). The van der Waals surface area contributed by atoms with Crippen molar-refractivity contribution in [1.82, 2.24) is 9.62 Å². The summed E-state index contributed by atoms with van der Waals surface area (Å²) in [6, 6.07) is 5.23. The highest BCUT2D eigenvalue weighted by atomic mass is 32.2. The predicted molar refractivity (Wildman–Crippen MR) is 100 cm³/mol. The van der Waals surface area contributed by atoms with E-state index in [1.165, 1.54) is 12.1 Å². The van der Waals surface area contributed by atoms with E-state index in [9.17, 15) is 21.6 Å². The summed E-state index contributed by atoms with van der Waals surface area (Å²) in [5.41, 5.74) is -0.0270. The maximum Gasteiger partial charge on any atom is 0.416 e. The molecule has 0 radical (unpaired) electrons. The number of nitrogens with one attached hydrogen (secondary N) is 1. The van der Waals surface area contributed by atoms with Gasteiger partial charge in [-0.15, -0.1) is 0 Å². The number of sulfonamides is 1. The second kappa shape index (κ2) is 9.11. The third-order valence-corrected chi connectivity index (χ3v) is 6.78. The van der Waals surface area contributed by atoms with Crippen LogP contribution in [-0.2, 0) is 27.5 Å². The quantitative estimate of drug-likeness (QED) is 0.768. The third kappa shape index (κ3) is 6.43. The molecular formula is C19H27F3N2O3S. The van der Waals surface area contributed by atoms with Crippen LogP contribution in [-0.4, -0.2) is 50.9 Å². The van der Waals surface area contributed by atoms with Crippen LogP contribution in [0, 0.1) is 0 Å². The molecule has 2 fully saturated rings. The van der Waals surface area contributed by atoms with E-state index in [0.717, 1.165) is 25.3 Å². The minimum atomic E-state index is -4.34. The van der Waals surface area contributed by atoms with E-state index in [0.29, 0.717) is 44.6 Å². The van der Waals surface area contributed by atoms with Gasteiger partial charge in [-0.05, 0) is 43.7 Å². The van der Waals surface area contributed by atoms with Gasteiger partial charge < -0.3 is 4.74 Å². The molecule has 0 aliphatic carbocycles. The molecule has 2 aliphatic rings. The molecule has 1 atom stereocenters. The van der Waals surface area contributed by atoms with Gasteiger partial charge in [-0.25, -0.2) is 13.1 Å². The average molecular weight is 420 g/mol. The summed E-state index contributed by atoms with van der Waals surface area (Å²) in [6.45, 7) is 2.33. The van der Waals surface area contributed by atoms with Crippen molar-refractivity contribution < 1.29 is 26.3 Å². The van der Waals surface area contributed by atoms with E-state index < -0.39 is 21.8 Å². The fourth-order valence-electron chi connectivity index (χ4n) is 3.80. The number of hydrogen-bond donors (Lipinski definition) is 1. The van der Waals surface area contributed by atoms with Gasteiger partial charge >= 0.3 is 6.18 Å². The lowest BCUT2D eigenvalue weighted by Gasteiger charge is -2.32. The van der Waals surface area contributed by atoms with Crippen LogP contribution in [0.25, 0.3) is 0 Å². The first-order valence-electron chi connectivity index (χ1n) is 9.71. The lowest BCUT2D eigenvalue weighted by molar-refractivity contribution is -0.137. The Morgan fingerprint density at radius 2 is 1.89 bits per heavy atom. The second-order valence-electron chi connectivity index (χ2n) is 7.64. The molecule has 9 heteroatoms. The highest BCUT2D eigenvalue weighted by Gasteiger charge is 2.31. The Morgan fingerprint density at radius 1 is 1.14 bits per heavy atom. The highest BCUT2D eigenvalue weighted by molar-refractivity contribution is 7.89. The molecule has 158 valence electrons. The molecule has 0 spiro atoms. The Hall–Kier alpha value is -1.16. The molecule has 2 saturated heterocycles. The van der Waals surface area contributed by atoms with Crippen LogP contribution in [0.4, 0.5) is 13.2 Å². The number of alkyl halides is 3. The molecule has 1 unspecified atom stereocenters. The van der Waals surface area contributed by atoms with E-state index in [1.54, 1.807) is 6.07 Å². The Balaban J connectivity index is 1.46. The van der Waals surface area contributed by atoms with Crippen molar-refractivity contribution >= 4 is 10.0 Å². The number of likely N-dealkylation sites (tertiary alicyclic amines) is 1. The third-order valence-electron chi connectivity index (χ3n) is 5.27. The minimum Gasteiger partial charge on any atom is -0.377 e. The summed E-state index contributed by atoms with van der Waals surface area (Å²) in [6.07, 6.45) is -0.539. The lowest BCUT2D eigenvalue weighted by atomic mass is 10.0. The van der Waals surface area contributed by atoms with E-state index in [2.05, 4.69) is 9.62 Å². The maximum absolute atomic E-state index is 12.8. The standard InChI is InChI=1S/C19H27F3N2O3S/c20-19(21,22)16-5-3-4-15(12-16)13-24-9-7-17(8-10-24)23-28(25,26)14-18-6-1-2-11-27-18/h3-5,12,17-18,23H,1-2,6-11,13-14H2. The fourth-order valence-corrected chi connectivity index (χ4v) is 5.39. The highest BCUT2D eigenvalue weighted by Crippen LogP contribution is 2.30. The van der Waals surface area contributed by atoms with Crippen molar-refractivity contribution in [3.05, 3.63) is 35.4 Å². The van der Waals surface area contributed by atoms with E-state index >= 15 is 0 Å². The van der Waals surface area contributed by atoms with Gasteiger partial charge in [0, 0.05) is 32.3 Å². The van der Waals surface area contributed by atoms with E-state index in [1.807, 2.05) is 0 Å². The zero-order valence-corrected chi connectivity index (χ0v) is 16.6. The zero-order chi connectivity index (χ0) is 20.2. The van der Waals surface area contributed by atoms with Gasteiger partial charge in [-0.3, -0.25) is 4.90 Å². The monoisotopic (exact) mass is 420 g/mol. The molecule has 5 nitrogen and oxygen atoms in total. The van der Waals surface area contributed by atoms with Crippen molar-refractivity contribution in [3.8, 4) is 0 Å². The molecule has 1 aromatic carbocycles. The summed E-state index contributed by atoms with van der Waals surface area (Å²) in [4.78, 5) is 2.06. The van der Waals surface area contributed by atoms with E-state index in [-0.39, 0.29) is 17.9 Å². The lowest BCUT2D eigenvalue weighted by Crippen LogP contribution is -2.46. The molecule has 28 heavy (non-hydrogen) atoms. The first-order valence-corrected chi connectivity index (χ1v) is 11.4. The van der Waals surface area contributed by atoms with Crippen LogP contribution in [0.2, 0.25) is 0 Å². The van der Waals surface area contributed by atoms with Crippen LogP contribution in [0.5, 0.6) is 0 Å². The van der Waals surface area contributed by atoms with Gasteiger partial charge in [0.1, 0.15) is 0 Å². The van der Waals surface area contributed by atoms with Crippen molar-refractivity contribution in [2.45, 2.75) is 57.0 Å². The summed E-state index contributed by atoms with van der Waals surface area (Å²) < 4.78 is 71.5. The van der Waals surface area contributed by atoms with Crippen LogP contribution in [0.3, 0.4) is 0 Å². The molecule has 0 saturated carbocycles. The SMILES string of the molecule is O=S(=O)(CC1CCCCO1)NC1CCN(Cc2cccc(C(F)(F)F)c2)CC1. The molecule has 0 bridgehead atoms. The fraction of sp³-hybridized carbons (Fsp3) is 0.684. The zero-order valence-electron chi connectivity index (χ0n) is 15.7. The van der Waals surface area contributed by atoms with Crippen LogP contribution in [0.15, 0.2) is 24.3 Å². The van der Waals surface area contributed by atoms with Crippen molar-refractivity contribution in [3.63, 3.8) is 0 Å². The number of rotatable bonds is 6. The number of nitrogens with zero attached hydrogens (tertiary/aromatic N) is 1. The largest absolute Gasteiger partial charge is 0.416 e. The molecule has 2 heterocycles. The summed E-state index contributed by atoms with van der Waals surface area (Å²) in [5, 5.41) is 0. The first kappa shape index (κ1) is 21.5. The van der Waals surface area contributed by atoms with Gasteiger partial charge in [-0.2, -0.15) is 13.2 Å². The van der Waals surface area contributed by atoms with Crippen LogP contribution >= 0.6 is 0 Å². The Bertz CT molecular complexity index is 741.